The van der Waals surface area contributed by atoms with Crippen molar-refractivity contribution in [3.8, 4) is 44.5 Å². The fraction of sp³-hybridized carbons (Fsp3) is 0. The van der Waals surface area contributed by atoms with E-state index in [4.69, 9.17) is 8.83 Å². The van der Waals surface area contributed by atoms with E-state index >= 15 is 0 Å². The number of anilines is 3. The standard InChI is InChI=1S/C54H35NO2/c1-3-12-36(13-4-1)38-22-28-42(29-23-38)55(43-30-24-39(25-31-43)45-18-11-19-48-46-16-7-9-20-51(46)56-53(45)48)44-32-26-40(27-33-44)49-34-41(37-14-5-2-6-15-37)35-50-47-17-8-10-21-52(47)57-54(49)50/h1-35H. The molecular weight excluding hydrogens is 695 g/mol. The maximum absolute atomic E-state index is 6.57. The molecule has 0 saturated heterocycles. The molecule has 3 nitrogen and oxygen atoms in total. The van der Waals surface area contributed by atoms with Crippen molar-refractivity contribution in [2.75, 3.05) is 4.90 Å². The molecular formula is C54H35NO2. The van der Waals surface area contributed by atoms with Gasteiger partial charge in [-0.25, -0.2) is 0 Å². The molecule has 0 amide bonds. The molecule has 0 bridgehead atoms. The molecule has 57 heavy (non-hydrogen) atoms. The molecule has 0 atom stereocenters. The third kappa shape index (κ3) is 5.76. The largest absolute Gasteiger partial charge is 0.455 e. The second-order valence-electron chi connectivity index (χ2n) is 14.5. The summed E-state index contributed by atoms with van der Waals surface area (Å²) in [5, 5.41) is 4.49. The van der Waals surface area contributed by atoms with Crippen molar-refractivity contribution in [3.63, 3.8) is 0 Å². The van der Waals surface area contributed by atoms with Crippen molar-refractivity contribution in [2.45, 2.75) is 0 Å². The highest BCUT2D eigenvalue weighted by Gasteiger charge is 2.18. The van der Waals surface area contributed by atoms with Gasteiger partial charge in [0.15, 0.2) is 0 Å². The molecule has 0 fully saturated rings. The lowest BCUT2D eigenvalue weighted by Crippen LogP contribution is -2.09. The smallest absolute Gasteiger partial charge is 0.143 e. The molecule has 2 heterocycles. The second kappa shape index (κ2) is 13.6. The molecule has 2 aromatic heterocycles. The molecule has 3 heteroatoms. The zero-order valence-corrected chi connectivity index (χ0v) is 31.0. The van der Waals surface area contributed by atoms with Crippen LogP contribution in [0.1, 0.15) is 0 Å². The Kier molecular flexibility index (Phi) is 7.82. The highest BCUT2D eigenvalue weighted by Crippen LogP contribution is 2.43. The van der Waals surface area contributed by atoms with Crippen molar-refractivity contribution in [1.82, 2.24) is 0 Å². The van der Waals surface area contributed by atoms with Gasteiger partial charge in [0.05, 0.1) is 0 Å². The topological polar surface area (TPSA) is 29.5 Å². The minimum Gasteiger partial charge on any atom is -0.455 e. The Morgan fingerprint density at radius 1 is 0.263 bits per heavy atom. The predicted octanol–water partition coefficient (Wildman–Crippen LogP) is 15.6. The van der Waals surface area contributed by atoms with E-state index in [2.05, 4.69) is 193 Å². The van der Waals surface area contributed by atoms with Gasteiger partial charge in [-0.1, -0.05) is 152 Å². The first-order valence-corrected chi connectivity index (χ1v) is 19.3. The summed E-state index contributed by atoms with van der Waals surface area (Å²) in [7, 11) is 0. The monoisotopic (exact) mass is 729 g/mol. The summed E-state index contributed by atoms with van der Waals surface area (Å²) in [6, 6.07) is 75.1. The molecule has 0 aliphatic heterocycles. The van der Waals surface area contributed by atoms with Crippen molar-refractivity contribution in [1.29, 1.82) is 0 Å². The van der Waals surface area contributed by atoms with Gasteiger partial charge in [-0.2, -0.15) is 0 Å². The van der Waals surface area contributed by atoms with Crippen LogP contribution in [-0.2, 0) is 0 Å². The Labute approximate surface area is 330 Å². The van der Waals surface area contributed by atoms with Crippen LogP contribution in [0.5, 0.6) is 0 Å². The first-order valence-electron chi connectivity index (χ1n) is 19.3. The van der Waals surface area contributed by atoms with Crippen LogP contribution in [0.4, 0.5) is 17.1 Å². The van der Waals surface area contributed by atoms with E-state index in [-0.39, 0.29) is 0 Å². The summed E-state index contributed by atoms with van der Waals surface area (Å²) < 4.78 is 13.0. The maximum atomic E-state index is 6.57. The van der Waals surface area contributed by atoms with Crippen LogP contribution in [0.25, 0.3) is 88.4 Å². The lowest BCUT2D eigenvalue weighted by Gasteiger charge is -2.26. The first kappa shape index (κ1) is 32.8. The molecule has 0 aliphatic carbocycles. The van der Waals surface area contributed by atoms with E-state index in [1.165, 1.54) is 16.7 Å². The fourth-order valence-electron chi connectivity index (χ4n) is 8.27. The Hall–Kier alpha value is -7.62. The Morgan fingerprint density at radius 2 is 0.684 bits per heavy atom. The number of furan rings is 2. The van der Waals surface area contributed by atoms with Crippen LogP contribution in [0.3, 0.4) is 0 Å². The average Bonchev–Trinajstić information content (AvgIpc) is 3.86. The van der Waals surface area contributed by atoms with Gasteiger partial charge in [-0.15, -0.1) is 0 Å². The molecule has 0 radical (unpaired) electrons. The van der Waals surface area contributed by atoms with Gasteiger partial charge in [-0.3, -0.25) is 0 Å². The number of hydrogen-bond acceptors (Lipinski definition) is 3. The first-order chi connectivity index (χ1) is 28.2. The van der Waals surface area contributed by atoms with Crippen molar-refractivity contribution >= 4 is 60.9 Å². The number of rotatable bonds is 7. The minimum absolute atomic E-state index is 0.890. The number of fused-ring (bicyclic) bond motifs is 6. The maximum Gasteiger partial charge on any atom is 0.143 e. The molecule has 11 aromatic rings. The van der Waals surface area contributed by atoms with E-state index in [1.54, 1.807) is 0 Å². The summed E-state index contributed by atoms with van der Waals surface area (Å²) in [6.45, 7) is 0. The number of hydrogen-bond donors (Lipinski definition) is 0. The Morgan fingerprint density at radius 3 is 1.26 bits per heavy atom. The number of benzene rings is 9. The van der Waals surface area contributed by atoms with Gasteiger partial charge in [0.25, 0.3) is 0 Å². The lowest BCUT2D eigenvalue weighted by atomic mass is 9.95. The van der Waals surface area contributed by atoms with Gasteiger partial charge < -0.3 is 13.7 Å². The fourth-order valence-corrected chi connectivity index (χ4v) is 8.27. The third-order valence-corrected chi connectivity index (χ3v) is 11.1. The van der Waals surface area contributed by atoms with Crippen molar-refractivity contribution in [3.05, 3.63) is 212 Å². The van der Waals surface area contributed by atoms with Crippen LogP contribution >= 0.6 is 0 Å². The van der Waals surface area contributed by atoms with Gasteiger partial charge in [0, 0.05) is 49.7 Å². The minimum atomic E-state index is 0.890. The molecule has 9 aromatic carbocycles. The predicted molar refractivity (Wildman–Crippen MR) is 237 cm³/mol. The lowest BCUT2D eigenvalue weighted by molar-refractivity contribution is 0.669. The summed E-state index contributed by atoms with van der Waals surface area (Å²) >= 11 is 0. The number of nitrogens with zero attached hydrogens (tertiary/aromatic N) is 1. The van der Waals surface area contributed by atoms with E-state index in [9.17, 15) is 0 Å². The second-order valence-corrected chi connectivity index (χ2v) is 14.5. The van der Waals surface area contributed by atoms with E-state index in [0.717, 1.165) is 88.8 Å². The van der Waals surface area contributed by atoms with E-state index in [1.807, 2.05) is 24.3 Å². The summed E-state index contributed by atoms with van der Waals surface area (Å²) in [6.07, 6.45) is 0. The van der Waals surface area contributed by atoms with Gasteiger partial charge >= 0.3 is 0 Å². The SMILES string of the molecule is c1ccc(-c2ccc(N(c3ccc(-c4cccc5c4oc4ccccc45)cc3)c3ccc(-c4cc(-c5ccccc5)cc5c4oc4ccccc45)cc3)cc2)cc1. The molecule has 268 valence electrons. The molecule has 0 saturated carbocycles. The van der Waals surface area contributed by atoms with Crippen LogP contribution in [0.2, 0.25) is 0 Å². The molecule has 0 N–H and O–H groups in total. The van der Waals surface area contributed by atoms with Gasteiger partial charge in [-0.05, 0) is 94.0 Å². The van der Waals surface area contributed by atoms with Crippen molar-refractivity contribution in [2.24, 2.45) is 0 Å². The van der Waals surface area contributed by atoms with Crippen LogP contribution in [0, 0.1) is 0 Å². The molecule has 0 spiro atoms. The summed E-state index contributed by atoms with van der Waals surface area (Å²) in [4.78, 5) is 2.32. The third-order valence-electron chi connectivity index (χ3n) is 11.1. The van der Waals surface area contributed by atoms with Gasteiger partial charge in [0.1, 0.15) is 22.3 Å². The van der Waals surface area contributed by atoms with Crippen LogP contribution in [0.15, 0.2) is 221 Å². The van der Waals surface area contributed by atoms with Crippen molar-refractivity contribution < 1.29 is 8.83 Å². The summed E-state index contributed by atoms with van der Waals surface area (Å²) in [5.74, 6) is 0. The molecule has 0 aliphatic rings. The van der Waals surface area contributed by atoms with E-state index < -0.39 is 0 Å². The normalized spacial score (nSPS) is 11.5. The average molecular weight is 730 g/mol. The zero-order chi connectivity index (χ0) is 37.7. The number of para-hydroxylation sites is 3. The zero-order valence-electron chi connectivity index (χ0n) is 31.0. The molecule has 0 unspecified atom stereocenters. The van der Waals surface area contributed by atoms with Crippen LogP contribution in [-0.4, -0.2) is 0 Å². The molecule has 11 rings (SSSR count). The van der Waals surface area contributed by atoms with E-state index in [0.29, 0.717) is 0 Å². The summed E-state index contributed by atoms with van der Waals surface area (Å²) in [5.41, 5.74) is 15.8. The Balaban J connectivity index is 1.02. The Bertz CT molecular complexity index is 3200. The highest BCUT2D eigenvalue weighted by molar-refractivity contribution is 6.12. The quantitative estimate of drug-likeness (QED) is 0.164. The van der Waals surface area contributed by atoms with Crippen LogP contribution < -0.4 is 4.90 Å². The highest BCUT2D eigenvalue weighted by atomic mass is 16.3. The van der Waals surface area contributed by atoms with Gasteiger partial charge in [0.2, 0.25) is 0 Å².